The summed E-state index contributed by atoms with van der Waals surface area (Å²) in [5.41, 5.74) is 7.90. The molecule has 2 amide bonds. The van der Waals surface area contributed by atoms with Crippen molar-refractivity contribution in [2.45, 2.75) is 6.92 Å². The molecule has 6 heteroatoms. The molecule has 0 bridgehead atoms. The Morgan fingerprint density at radius 1 is 1.00 bits per heavy atom. The van der Waals surface area contributed by atoms with Crippen LogP contribution in [0.4, 0.5) is 10.1 Å². The monoisotopic (exact) mass is 341 g/mol. The van der Waals surface area contributed by atoms with Crippen LogP contribution < -0.4 is 10.6 Å². The lowest BCUT2D eigenvalue weighted by molar-refractivity contribution is 0.0745. The fraction of sp³-hybridized carbons (Fsp3) is 0.263. The molecule has 5 nitrogen and oxygen atoms in total. The van der Waals surface area contributed by atoms with Crippen LogP contribution in [0.3, 0.4) is 0 Å². The first-order valence-electron chi connectivity index (χ1n) is 8.16. The maximum Gasteiger partial charge on any atom is 0.254 e. The molecule has 130 valence electrons. The second kappa shape index (κ2) is 6.93. The molecule has 25 heavy (non-hydrogen) atoms. The summed E-state index contributed by atoms with van der Waals surface area (Å²) < 4.78 is 13.4. The molecule has 0 atom stereocenters. The maximum atomic E-state index is 13.4. The van der Waals surface area contributed by atoms with E-state index >= 15 is 0 Å². The van der Waals surface area contributed by atoms with Crippen LogP contribution in [0.25, 0.3) is 0 Å². The van der Waals surface area contributed by atoms with Crippen molar-refractivity contribution in [1.82, 2.24) is 4.90 Å². The number of hydrogen-bond donors (Lipinski definition) is 1. The molecule has 2 aromatic carbocycles. The van der Waals surface area contributed by atoms with E-state index in [9.17, 15) is 14.0 Å². The van der Waals surface area contributed by atoms with E-state index in [2.05, 4.69) is 4.90 Å². The van der Waals surface area contributed by atoms with E-state index in [4.69, 9.17) is 5.73 Å². The Morgan fingerprint density at radius 2 is 1.64 bits per heavy atom. The topological polar surface area (TPSA) is 66.6 Å². The summed E-state index contributed by atoms with van der Waals surface area (Å²) in [4.78, 5) is 27.6. The van der Waals surface area contributed by atoms with E-state index in [0.717, 1.165) is 11.3 Å². The number of amides is 2. The summed E-state index contributed by atoms with van der Waals surface area (Å²) in [5, 5.41) is 0. The number of piperazine rings is 1. The van der Waals surface area contributed by atoms with Crippen molar-refractivity contribution in [2.24, 2.45) is 5.73 Å². The summed E-state index contributed by atoms with van der Waals surface area (Å²) in [6.07, 6.45) is 0. The van der Waals surface area contributed by atoms with Crippen LogP contribution >= 0.6 is 0 Å². The first-order valence-corrected chi connectivity index (χ1v) is 8.16. The zero-order chi connectivity index (χ0) is 18.0. The lowest BCUT2D eigenvalue weighted by atomic mass is 10.1. The lowest BCUT2D eigenvalue weighted by Crippen LogP contribution is -2.49. The standard InChI is InChI=1S/C19H20FN3O2/c1-13-2-5-15(20)12-17(13)19(25)23-10-8-22(9-11-23)16-6-3-14(4-7-16)18(21)24/h2-7,12H,8-11H2,1H3,(H2,21,24). The number of carbonyl (C=O) groups is 2. The zero-order valence-electron chi connectivity index (χ0n) is 14.0. The molecule has 0 radical (unpaired) electrons. The van der Waals surface area contributed by atoms with Gasteiger partial charge in [0.2, 0.25) is 5.91 Å². The van der Waals surface area contributed by atoms with E-state index in [-0.39, 0.29) is 5.91 Å². The summed E-state index contributed by atoms with van der Waals surface area (Å²) in [7, 11) is 0. The Morgan fingerprint density at radius 3 is 2.24 bits per heavy atom. The zero-order valence-corrected chi connectivity index (χ0v) is 14.0. The molecule has 1 heterocycles. The van der Waals surface area contributed by atoms with Gasteiger partial charge >= 0.3 is 0 Å². The van der Waals surface area contributed by atoms with Crippen LogP contribution in [-0.4, -0.2) is 42.9 Å². The minimum atomic E-state index is -0.451. The first-order chi connectivity index (χ1) is 12.0. The quantitative estimate of drug-likeness (QED) is 0.931. The Hall–Kier alpha value is -2.89. The number of hydrogen-bond acceptors (Lipinski definition) is 3. The number of benzene rings is 2. The van der Waals surface area contributed by atoms with Gasteiger partial charge in [-0.25, -0.2) is 4.39 Å². The van der Waals surface area contributed by atoms with E-state index in [0.29, 0.717) is 37.3 Å². The number of rotatable bonds is 3. The van der Waals surface area contributed by atoms with Gasteiger partial charge in [0, 0.05) is 43.0 Å². The molecule has 1 saturated heterocycles. The summed E-state index contributed by atoms with van der Waals surface area (Å²) in [6, 6.07) is 11.4. The smallest absolute Gasteiger partial charge is 0.254 e. The highest BCUT2D eigenvalue weighted by atomic mass is 19.1. The van der Waals surface area contributed by atoms with Crippen LogP contribution in [0.15, 0.2) is 42.5 Å². The third-order valence-corrected chi connectivity index (χ3v) is 4.51. The van der Waals surface area contributed by atoms with Gasteiger partial charge in [0.1, 0.15) is 5.82 Å². The van der Waals surface area contributed by atoms with Crippen molar-refractivity contribution in [1.29, 1.82) is 0 Å². The Bertz CT molecular complexity index is 797. The normalized spacial score (nSPS) is 14.5. The molecule has 1 aliphatic heterocycles. The van der Waals surface area contributed by atoms with Gasteiger partial charge in [0.05, 0.1) is 0 Å². The molecule has 0 unspecified atom stereocenters. The number of carbonyl (C=O) groups excluding carboxylic acids is 2. The highest BCUT2D eigenvalue weighted by Gasteiger charge is 2.23. The third kappa shape index (κ3) is 3.63. The average molecular weight is 341 g/mol. The van der Waals surface area contributed by atoms with Gasteiger partial charge in [0.15, 0.2) is 0 Å². The predicted octanol–water partition coefficient (Wildman–Crippen LogP) is 2.20. The number of nitrogens with zero attached hydrogens (tertiary/aromatic N) is 2. The van der Waals surface area contributed by atoms with Gasteiger partial charge in [-0.2, -0.15) is 0 Å². The second-order valence-electron chi connectivity index (χ2n) is 6.15. The molecule has 0 saturated carbocycles. The highest BCUT2D eigenvalue weighted by Crippen LogP contribution is 2.19. The van der Waals surface area contributed by atoms with Crippen molar-refractivity contribution in [3.8, 4) is 0 Å². The summed E-state index contributed by atoms with van der Waals surface area (Å²) >= 11 is 0. The van der Waals surface area contributed by atoms with Crippen molar-refractivity contribution in [3.05, 3.63) is 65.0 Å². The van der Waals surface area contributed by atoms with Gasteiger partial charge in [-0.1, -0.05) is 6.07 Å². The van der Waals surface area contributed by atoms with Crippen molar-refractivity contribution >= 4 is 17.5 Å². The minimum Gasteiger partial charge on any atom is -0.368 e. The van der Waals surface area contributed by atoms with Crippen LogP contribution in [-0.2, 0) is 0 Å². The van der Waals surface area contributed by atoms with Gasteiger partial charge in [-0.15, -0.1) is 0 Å². The molecule has 0 aromatic heterocycles. The summed E-state index contributed by atoms with van der Waals surface area (Å²) in [5.74, 6) is -0.990. The van der Waals surface area contributed by atoms with Gasteiger partial charge < -0.3 is 15.5 Å². The third-order valence-electron chi connectivity index (χ3n) is 4.51. The fourth-order valence-electron chi connectivity index (χ4n) is 3.00. The largest absolute Gasteiger partial charge is 0.368 e. The van der Waals surface area contributed by atoms with Crippen molar-refractivity contribution in [2.75, 3.05) is 31.1 Å². The van der Waals surface area contributed by atoms with Gasteiger partial charge in [-0.3, -0.25) is 9.59 Å². The second-order valence-corrected chi connectivity index (χ2v) is 6.15. The Balaban J connectivity index is 1.66. The van der Waals surface area contributed by atoms with E-state index in [1.54, 1.807) is 23.1 Å². The molecular weight excluding hydrogens is 321 g/mol. The van der Waals surface area contributed by atoms with E-state index in [1.165, 1.54) is 12.1 Å². The first kappa shape index (κ1) is 17.0. The number of primary amides is 1. The van der Waals surface area contributed by atoms with Gasteiger partial charge in [-0.05, 0) is 48.9 Å². The molecule has 0 aliphatic carbocycles. The lowest BCUT2D eigenvalue weighted by Gasteiger charge is -2.36. The average Bonchev–Trinajstić information content (AvgIpc) is 2.63. The van der Waals surface area contributed by atoms with Crippen LogP contribution in [0.2, 0.25) is 0 Å². The molecule has 3 rings (SSSR count). The molecule has 2 N–H and O–H groups in total. The summed E-state index contributed by atoms with van der Waals surface area (Å²) in [6.45, 7) is 4.29. The maximum absolute atomic E-state index is 13.4. The number of nitrogens with two attached hydrogens (primary N) is 1. The number of anilines is 1. The highest BCUT2D eigenvalue weighted by molar-refractivity contribution is 5.96. The number of aryl methyl sites for hydroxylation is 1. The SMILES string of the molecule is Cc1ccc(F)cc1C(=O)N1CCN(c2ccc(C(N)=O)cc2)CC1. The Labute approximate surface area is 145 Å². The van der Waals surface area contributed by atoms with Gasteiger partial charge in [0.25, 0.3) is 5.91 Å². The number of halogens is 1. The molecular formula is C19H20FN3O2. The Kier molecular flexibility index (Phi) is 4.70. The predicted molar refractivity (Wildman–Crippen MR) is 94.2 cm³/mol. The molecule has 1 aliphatic rings. The van der Waals surface area contributed by atoms with E-state index in [1.807, 2.05) is 19.1 Å². The molecule has 2 aromatic rings. The minimum absolute atomic E-state index is 0.138. The van der Waals surface area contributed by atoms with Crippen LogP contribution in [0.1, 0.15) is 26.3 Å². The van der Waals surface area contributed by atoms with Crippen LogP contribution in [0, 0.1) is 12.7 Å². The van der Waals surface area contributed by atoms with E-state index < -0.39 is 11.7 Å². The molecule has 0 spiro atoms. The van der Waals surface area contributed by atoms with Crippen molar-refractivity contribution in [3.63, 3.8) is 0 Å². The van der Waals surface area contributed by atoms with Crippen molar-refractivity contribution < 1.29 is 14.0 Å². The molecule has 1 fully saturated rings. The fourth-order valence-corrected chi connectivity index (χ4v) is 3.00. The van der Waals surface area contributed by atoms with Crippen LogP contribution in [0.5, 0.6) is 0 Å².